The number of benzene rings is 1. The lowest BCUT2D eigenvalue weighted by Crippen LogP contribution is -2.23. The SMILES string of the molecule is Cc1cc(CC(=O)N(C)C)cc(C)c1NC=O. The van der Waals surface area contributed by atoms with Crippen molar-refractivity contribution in [3.8, 4) is 0 Å². The molecular formula is C13H18N2O2. The Bertz CT molecular complexity index is 416. The third-order valence-corrected chi connectivity index (χ3v) is 2.65. The average Bonchev–Trinajstić information content (AvgIpc) is 2.23. The highest BCUT2D eigenvalue weighted by Gasteiger charge is 2.09. The van der Waals surface area contributed by atoms with Gasteiger partial charge in [-0.1, -0.05) is 12.1 Å². The van der Waals surface area contributed by atoms with Crippen LogP contribution in [-0.4, -0.2) is 31.3 Å². The predicted octanol–water partition coefficient (Wildman–Crippen LogP) is 1.50. The lowest BCUT2D eigenvalue weighted by atomic mass is 10.0. The van der Waals surface area contributed by atoms with E-state index in [1.807, 2.05) is 26.0 Å². The first-order chi connectivity index (χ1) is 7.95. The van der Waals surface area contributed by atoms with Gasteiger partial charge < -0.3 is 10.2 Å². The Morgan fingerprint density at radius 2 is 1.82 bits per heavy atom. The molecule has 92 valence electrons. The van der Waals surface area contributed by atoms with Crippen LogP contribution in [0.25, 0.3) is 0 Å². The number of nitrogens with one attached hydrogen (secondary N) is 1. The number of hydrogen-bond acceptors (Lipinski definition) is 2. The highest BCUT2D eigenvalue weighted by molar-refractivity contribution is 5.80. The fourth-order valence-corrected chi connectivity index (χ4v) is 1.77. The highest BCUT2D eigenvalue weighted by atomic mass is 16.2. The van der Waals surface area contributed by atoms with E-state index in [9.17, 15) is 9.59 Å². The first-order valence-corrected chi connectivity index (χ1v) is 5.46. The zero-order valence-electron chi connectivity index (χ0n) is 10.7. The Morgan fingerprint density at radius 3 is 2.24 bits per heavy atom. The molecule has 0 unspecified atom stereocenters. The monoisotopic (exact) mass is 234 g/mol. The van der Waals surface area contributed by atoms with Gasteiger partial charge in [-0.15, -0.1) is 0 Å². The van der Waals surface area contributed by atoms with Gasteiger partial charge in [0.2, 0.25) is 12.3 Å². The molecule has 2 amide bonds. The summed E-state index contributed by atoms with van der Waals surface area (Å²) in [4.78, 5) is 23.6. The van der Waals surface area contributed by atoms with Crippen LogP contribution in [0.2, 0.25) is 0 Å². The molecule has 1 N–H and O–H groups in total. The molecule has 0 fully saturated rings. The summed E-state index contributed by atoms with van der Waals surface area (Å²) in [6, 6.07) is 3.86. The Kier molecular flexibility index (Phi) is 4.26. The minimum absolute atomic E-state index is 0.0693. The number of rotatable bonds is 4. The summed E-state index contributed by atoms with van der Waals surface area (Å²) in [7, 11) is 3.48. The van der Waals surface area contributed by atoms with Crippen molar-refractivity contribution in [3.05, 3.63) is 28.8 Å². The first-order valence-electron chi connectivity index (χ1n) is 5.46. The van der Waals surface area contributed by atoms with Gasteiger partial charge in [0.25, 0.3) is 0 Å². The molecule has 0 aliphatic carbocycles. The Hall–Kier alpha value is -1.84. The number of carbonyl (C=O) groups excluding carboxylic acids is 2. The van der Waals surface area contributed by atoms with E-state index in [-0.39, 0.29) is 5.91 Å². The largest absolute Gasteiger partial charge is 0.349 e. The summed E-state index contributed by atoms with van der Waals surface area (Å²) < 4.78 is 0. The maximum Gasteiger partial charge on any atom is 0.226 e. The number of aryl methyl sites for hydroxylation is 2. The third-order valence-electron chi connectivity index (χ3n) is 2.65. The van der Waals surface area contributed by atoms with Crippen molar-refractivity contribution in [3.63, 3.8) is 0 Å². The molecule has 0 spiro atoms. The molecule has 0 aliphatic heterocycles. The fourth-order valence-electron chi connectivity index (χ4n) is 1.77. The first kappa shape index (κ1) is 13.2. The molecule has 0 bridgehead atoms. The van der Waals surface area contributed by atoms with E-state index in [1.165, 1.54) is 0 Å². The van der Waals surface area contributed by atoms with Crippen LogP contribution >= 0.6 is 0 Å². The zero-order chi connectivity index (χ0) is 13.0. The number of likely N-dealkylation sites (N-methyl/N-ethyl adjacent to an activating group) is 1. The summed E-state index contributed by atoms with van der Waals surface area (Å²) in [5, 5.41) is 2.67. The van der Waals surface area contributed by atoms with Crippen LogP contribution in [0.3, 0.4) is 0 Å². The highest BCUT2D eigenvalue weighted by Crippen LogP contribution is 2.22. The predicted molar refractivity (Wildman–Crippen MR) is 68.0 cm³/mol. The van der Waals surface area contributed by atoms with Gasteiger partial charge in [-0.05, 0) is 30.5 Å². The van der Waals surface area contributed by atoms with Crippen molar-refractivity contribution in [1.29, 1.82) is 0 Å². The summed E-state index contributed by atoms with van der Waals surface area (Å²) in [5.74, 6) is 0.0693. The van der Waals surface area contributed by atoms with Crippen LogP contribution in [0.5, 0.6) is 0 Å². The molecule has 0 radical (unpaired) electrons. The molecule has 0 aromatic heterocycles. The van der Waals surface area contributed by atoms with Gasteiger partial charge in [0, 0.05) is 19.8 Å². The minimum atomic E-state index is 0.0693. The molecule has 1 aromatic rings. The summed E-state index contributed by atoms with van der Waals surface area (Å²) in [6.07, 6.45) is 1.05. The maximum atomic E-state index is 11.6. The second-order valence-corrected chi connectivity index (χ2v) is 4.33. The summed E-state index contributed by atoms with van der Waals surface area (Å²) >= 11 is 0. The van der Waals surface area contributed by atoms with Crippen molar-refractivity contribution in [2.24, 2.45) is 0 Å². The zero-order valence-corrected chi connectivity index (χ0v) is 10.7. The molecule has 17 heavy (non-hydrogen) atoms. The molecule has 0 heterocycles. The van der Waals surface area contributed by atoms with Crippen molar-refractivity contribution >= 4 is 18.0 Å². The van der Waals surface area contributed by atoms with Crippen molar-refractivity contribution in [2.75, 3.05) is 19.4 Å². The quantitative estimate of drug-likeness (QED) is 0.803. The normalized spacial score (nSPS) is 9.88. The van der Waals surface area contributed by atoms with Gasteiger partial charge >= 0.3 is 0 Å². The third kappa shape index (κ3) is 3.31. The van der Waals surface area contributed by atoms with Gasteiger partial charge in [0.15, 0.2) is 0 Å². The van der Waals surface area contributed by atoms with Gasteiger partial charge in [-0.2, -0.15) is 0 Å². The summed E-state index contributed by atoms with van der Waals surface area (Å²) in [6.45, 7) is 3.84. The number of amides is 2. The van der Waals surface area contributed by atoms with E-state index < -0.39 is 0 Å². The van der Waals surface area contributed by atoms with Gasteiger partial charge in [-0.3, -0.25) is 9.59 Å². The van der Waals surface area contributed by atoms with Crippen LogP contribution in [0.4, 0.5) is 5.69 Å². The Labute approximate surface area is 102 Å². The minimum Gasteiger partial charge on any atom is -0.349 e. The number of hydrogen-bond donors (Lipinski definition) is 1. The molecule has 1 aromatic carbocycles. The average molecular weight is 234 g/mol. The van der Waals surface area contributed by atoms with E-state index in [1.54, 1.807) is 19.0 Å². The van der Waals surface area contributed by atoms with Crippen LogP contribution in [0, 0.1) is 13.8 Å². The van der Waals surface area contributed by atoms with E-state index in [0.717, 1.165) is 22.4 Å². The van der Waals surface area contributed by atoms with Crippen molar-refractivity contribution < 1.29 is 9.59 Å². The molecule has 1 rings (SSSR count). The van der Waals surface area contributed by atoms with E-state index in [2.05, 4.69) is 5.32 Å². The van der Waals surface area contributed by atoms with Crippen LogP contribution in [0.15, 0.2) is 12.1 Å². The number of anilines is 1. The number of carbonyl (C=O) groups is 2. The maximum absolute atomic E-state index is 11.6. The molecule has 4 nitrogen and oxygen atoms in total. The smallest absolute Gasteiger partial charge is 0.226 e. The van der Waals surface area contributed by atoms with E-state index in [4.69, 9.17) is 0 Å². The Morgan fingerprint density at radius 1 is 1.29 bits per heavy atom. The molecule has 0 saturated heterocycles. The van der Waals surface area contributed by atoms with Gasteiger partial charge in [0.1, 0.15) is 0 Å². The molecule has 0 aliphatic rings. The van der Waals surface area contributed by atoms with Crippen LogP contribution in [-0.2, 0) is 16.0 Å². The van der Waals surface area contributed by atoms with E-state index >= 15 is 0 Å². The van der Waals surface area contributed by atoms with Crippen LogP contribution in [0.1, 0.15) is 16.7 Å². The molecular weight excluding hydrogens is 216 g/mol. The molecule has 0 saturated carbocycles. The standard InChI is InChI=1S/C13H18N2O2/c1-9-5-11(7-12(17)15(3)4)6-10(2)13(9)14-8-16/h5-6,8H,7H2,1-4H3,(H,14,16). The lowest BCUT2D eigenvalue weighted by Gasteiger charge is -2.13. The van der Waals surface area contributed by atoms with Crippen molar-refractivity contribution in [1.82, 2.24) is 4.90 Å². The second-order valence-electron chi connectivity index (χ2n) is 4.33. The second kappa shape index (κ2) is 5.48. The Balaban J connectivity index is 2.98. The molecule has 4 heteroatoms. The van der Waals surface area contributed by atoms with Crippen molar-refractivity contribution in [2.45, 2.75) is 20.3 Å². The van der Waals surface area contributed by atoms with Gasteiger partial charge in [0.05, 0.1) is 6.42 Å². The summed E-state index contributed by atoms with van der Waals surface area (Å²) in [5.41, 5.74) is 3.73. The van der Waals surface area contributed by atoms with Gasteiger partial charge in [-0.25, -0.2) is 0 Å². The van der Waals surface area contributed by atoms with E-state index in [0.29, 0.717) is 12.8 Å². The topological polar surface area (TPSA) is 49.4 Å². The van der Waals surface area contributed by atoms with Crippen LogP contribution < -0.4 is 5.32 Å². The fraction of sp³-hybridized carbons (Fsp3) is 0.385. The lowest BCUT2D eigenvalue weighted by molar-refractivity contribution is -0.127. The number of nitrogens with zero attached hydrogens (tertiary/aromatic N) is 1. The molecule has 0 atom stereocenters.